The molecule has 6 heterocycles. The lowest BCUT2D eigenvalue weighted by atomic mass is 9.74. The van der Waals surface area contributed by atoms with Crippen LogP contribution in [0.25, 0.3) is 11.1 Å². The molecule has 0 aliphatic carbocycles. The molecule has 2 spiro atoms. The van der Waals surface area contributed by atoms with Gasteiger partial charge in [-0.25, -0.2) is 9.98 Å². The molecule has 6 unspecified atom stereocenters. The molecule has 0 radical (unpaired) electrons. The monoisotopic (exact) mass is 1040 g/mol. The fourth-order valence-electron chi connectivity index (χ4n) is 11.0. The number of amides is 2. The number of benzene rings is 4. The van der Waals surface area contributed by atoms with Crippen molar-refractivity contribution in [1.29, 1.82) is 10.5 Å². The first-order valence-corrected chi connectivity index (χ1v) is 25.0. The van der Waals surface area contributed by atoms with Gasteiger partial charge in [-0.05, 0) is 144 Å². The molecule has 2 amide bonds. The van der Waals surface area contributed by atoms with E-state index in [1.54, 1.807) is 33.2 Å². The van der Waals surface area contributed by atoms with Crippen LogP contribution in [-0.2, 0) is 30.1 Å². The minimum Gasteiger partial charge on any atom is -0.490 e. The zero-order valence-electron chi connectivity index (χ0n) is 42.0. The highest BCUT2D eigenvalue weighted by molar-refractivity contribution is 9.10. The van der Waals surface area contributed by atoms with Crippen molar-refractivity contribution in [3.05, 3.63) is 111 Å². The topological polar surface area (TPSA) is 242 Å². The summed E-state index contributed by atoms with van der Waals surface area (Å²) < 4.78 is 25.6. The molecule has 18 heteroatoms. The van der Waals surface area contributed by atoms with Crippen LogP contribution in [0, 0.1) is 48.3 Å². The van der Waals surface area contributed by atoms with Gasteiger partial charge in [-0.15, -0.1) is 0 Å². The molecular formula is C54H62BBrN8O8. The number of nitrogens with two attached hydrogens (primary N) is 2. The summed E-state index contributed by atoms with van der Waals surface area (Å²) in [5.41, 5.74) is 16.3. The number of carbonyl (C=O) groups is 2. The maximum absolute atomic E-state index is 13.6. The zero-order valence-corrected chi connectivity index (χ0v) is 43.6. The Balaban J connectivity index is 0.000000161. The summed E-state index contributed by atoms with van der Waals surface area (Å²) in [5, 5.41) is 35.6. The van der Waals surface area contributed by atoms with Crippen LogP contribution in [0.3, 0.4) is 0 Å². The van der Waals surface area contributed by atoms with E-state index in [1.165, 1.54) is 15.9 Å². The number of ether oxygens (including phenoxy) is 4. The van der Waals surface area contributed by atoms with Crippen molar-refractivity contribution in [2.45, 2.75) is 115 Å². The predicted molar refractivity (Wildman–Crippen MR) is 277 cm³/mol. The molecule has 6 aliphatic heterocycles. The van der Waals surface area contributed by atoms with E-state index < -0.39 is 18.2 Å². The number of guanidine groups is 2. The molecular weight excluding hydrogens is 979 g/mol. The lowest BCUT2D eigenvalue weighted by Crippen LogP contribution is -2.49. The first-order chi connectivity index (χ1) is 34.0. The van der Waals surface area contributed by atoms with E-state index in [2.05, 4.69) is 54.7 Å². The number of nitriles is 2. The maximum atomic E-state index is 13.6. The number of hydrogen-bond acceptors (Lipinski definition) is 14. The van der Waals surface area contributed by atoms with Crippen molar-refractivity contribution in [3.8, 4) is 34.8 Å². The Labute approximate surface area is 429 Å². The molecule has 6 atom stereocenters. The van der Waals surface area contributed by atoms with Crippen molar-refractivity contribution in [2.24, 2.45) is 33.3 Å². The van der Waals surface area contributed by atoms with Gasteiger partial charge in [0.05, 0.1) is 34.5 Å². The van der Waals surface area contributed by atoms with E-state index in [0.717, 1.165) is 63.5 Å². The van der Waals surface area contributed by atoms with Crippen LogP contribution < -0.4 is 26.4 Å². The van der Waals surface area contributed by atoms with Gasteiger partial charge in [0, 0.05) is 67.6 Å². The Morgan fingerprint density at radius 1 is 0.681 bits per heavy atom. The van der Waals surface area contributed by atoms with E-state index in [-0.39, 0.29) is 53.1 Å². The van der Waals surface area contributed by atoms with Crippen LogP contribution in [0.1, 0.15) is 99.6 Å². The number of aliphatic imine (C=N–C) groups is 2. The van der Waals surface area contributed by atoms with Crippen LogP contribution in [0.5, 0.6) is 11.5 Å². The quantitative estimate of drug-likeness (QED) is 0.167. The highest BCUT2D eigenvalue weighted by Gasteiger charge is 2.57. The second kappa shape index (κ2) is 20.0. The Morgan fingerprint density at radius 3 is 1.61 bits per heavy atom. The van der Waals surface area contributed by atoms with Crippen molar-refractivity contribution < 1.29 is 38.6 Å². The number of fused-ring (bicyclic) bond motifs is 4. The van der Waals surface area contributed by atoms with Gasteiger partial charge in [0.25, 0.3) is 11.8 Å². The smallest absolute Gasteiger partial charge is 0.488 e. The Morgan fingerprint density at radius 2 is 1.15 bits per heavy atom. The fraction of sp³-hybridized carbons (Fsp3) is 0.444. The molecule has 2 fully saturated rings. The molecule has 6 aliphatic rings. The molecule has 4 aromatic rings. The average Bonchev–Trinajstić information content (AvgIpc) is 3.69. The van der Waals surface area contributed by atoms with Gasteiger partial charge in [-0.3, -0.25) is 19.4 Å². The summed E-state index contributed by atoms with van der Waals surface area (Å²) in [4.78, 5) is 39.1. The summed E-state index contributed by atoms with van der Waals surface area (Å²) >= 11 is 3.50. The normalized spacial score (nSPS) is 26.5. The molecule has 0 bridgehead atoms. The second-order valence-corrected chi connectivity index (χ2v) is 21.8. The minimum atomic E-state index is -1.50. The number of hydrogen-bond donors (Lipinski definition) is 4. The van der Waals surface area contributed by atoms with E-state index in [0.29, 0.717) is 60.1 Å². The standard InChI is InChI=1S/C27H30N4O3.C19H24BrN3O3.C8H8BNO2/c1-16-5-6-17(15-28)11-20(16)18-7-8-22-21(12-18)27(24(32)31(4)25(29)30-27)14-23(34-22)19-9-10-33-26(2,3)13-19;1-18(2)9-11(6-7-25-18)15-10-19(16(24)23(3)17(21)22-19)13-8-12(20)4-5-14(13)26-15;1-6-2-3-7(5-10)4-8(6)9(11)12/h5-8,11-12,19,23H,9-10,13-14H2,1-4H3,(H2,29,30);4-5,8,11,15H,6-7,9-10H2,1-3H3,(H2,21,22);2-4,11-12H,1H3. The molecule has 72 heavy (non-hydrogen) atoms. The van der Waals surface area contributed by atoms with Gasteiger partial charge in [0.15, 0.2) is 23.0 Å². The SMILES string of the molecule is CN1C(=O)C2(CC(C3CCOC(C)(C)C3)Oc3ccc(Br)cc32)N=C1N.Cc1ccc(C#N)cc1-c1ccc2c(c1)C1(CC(C3CCOC(C)(C)C3)O2)N=C(N)N(C)C1=O.Cc1ccc(C#N)cc1B(O)O. The molecule has 10 rings (SSSR count). The number of rotatable bonds is 4. The second-order valence-electron chi connectivity index (χ2n) is 20.9. The predicted octanol–water partition coefficient (Wildman–Crippen LogP) is 6.21. The number of carbonyl (C=O) groups excluding carboxylic acids is 2. The van der Waals surface area contributed by atoms with Gasteiger partial charge in [-0.2, -0.15) is 10.5 Å². The number of aryl methyl sites for hydroxylation is 2. The Kier molecular flexibility index (Phi) is 14.4. The lowest BCUT2D eigenvalue weighted by molar-refractivity contribution is -0.135. The van der Waals surface area contributed by atoms with Crippen LogP contribution >= 0.6 is 15.9 Å². The summed E-state index contributed by atoms with van der Waals surface area (Å²) in [6.45, 7) is 13.5. The van der Waals surface area contributed by atoms with Crippen LogP contribution in [0.4, 0.5) is 0 Å². The molecule has 2 saturated heterocycles. The Bertz CT molecular complexity index is 2950. The van der Waals surface area contributed by atoms with Crippen molar-refractivity contribution >= 4 is 52.2 Å². The van der Waals surface area contributed by atoms with E-state index in [4.69, 9.17) is 50.7 Å². The third kappa shape index (κ3) is 10.1. The average molecular weight is 1040 g/mol. The van der Waals surface area contributed by atoms with Gasteiger partial charge in [0.1, 0.15) is 23.7 Å². The number of likely N-dealkylation sites (N-methyl/N-ethyl adjacent to an activating group) is 2. The lowest BCUT2D eigenvalue weighted by Gasteiger charge is -2.44. The van der Waals surface area contributed by atoms with Crippen LogP contribution in [-0.4, -0.2) is 101 Å². The molecule has 0 saturated carbocycles. The van der Waals surface area contributed by atoms with E-state index in [9.17, 15) is 14.9 Å². The first kappa shape index (κ1) is 52.1. The minimum absolute atomic E-state index is 0.0889. The van der Waals surface area contributed by atoms with Crippen molar-refractivity contribution in [2.75, 3.05) is 27.3 Å². The third-order valence-electron chi connectivity index (χ3n) is 14.9. The summed E-state index contributed by atoms with van der Waals surface area (Å²) in [6, 6.07) is 26.2. The van der Waals surface area contributed by atoms with E-state index in [1.807, 2.05) is 67.6 Å². The van der Waals surface area contributed by atoms with Crippen molar-refractivity contribution in [3.63, 3.8) is 0 Å². The molecule has 6 N–H and O–H groups in total. The summed E-state index contributed by atoms with van der Waals surface area (Å²) in [7, 11) is 1.84. The summed E-state index contributed by atoms with van der Waals surface area (Å²) in [6.07, 6.45) is 4.20. The van der Waals surface area contributed by atoms with Gasteiger partial charge >= 0.3 is 7.12 Å². The Hall–Kier alpha value is -6.28. The number of halogens is 1. The zero-order chi connectivity index (χ0) is 52.1. The molecule has 16 nitrogen and oxygen atoms in total. The van der Waals surface area contributed by atoms with Gasteiger partial charge in [-0.1, -0.05) is 39.7 Å². The highest BCUT2D eigenvalue weighted by atomic mass is 79.9. The third-order valence-corrected chi connectivity index (χ3v) is 15.4. The maximum Gasteiger partial charge on any atom is 0.488 e. The van der Waals surface area contributed by atoms with Crippen LogP contribution in [0.15, 0.2) is 87.3 Å². The number of nitrogens with zero attached hydrogens (tertiary/aromatic N) is 6. The van der Waals surface area contributed by atoms with E-state index >= 15 is 0 Å². The van der Waals surface area contributed by atoms with Gasteiger partial charge < -0.3 is 40.5 Å². The first-order valence-electron chi connectivity index (χ1n) is 24.2. The van der Waals surface area contributed by atoms with Gasteiger partial charge in [0.2, 0.25) is 0 Å². The fourth-order valence-corrected chi connectivity index (χ4v) is 11.4. The van der Waals surface area contributed by atoms with Crippen molar-refractivity contribution in [1.82, 2.24) is 9.80 Å². The molecule has 376 valence electrons. The highest BCUT2D eigenvalue weighted by Crippen LogP contribution is 2.51. The largest absolute Gasteiger partial charge is 0.490 e. The van der Waals surface area contributed by atoms with Crippen LogP contribution in [0.2, 0.25) is 0 Å². The molecule has 4 aromatic carbocycles. The summed E-state index contributed by atoms with van der Waals surface area (Å²) in [5.74, 6) is 2.19. The molecule has 0 aromatic heterocycles.